The van der Waals surface area contributed by atoms with E-state index < -0.39 is 33.7 Å². The minimum atomic E-state index is -4.10. The van der Waals surface area contributed by atoms with E-state index in [-0.39, 0.29) is 10.6 Å². The van der Waals surface area contributed by atoms with Crippen LogP contribution in [0, 0.1) is 11.6 Å². The van der Waals surface area contributed by atoms with Crippen molar-refractivity contribution in [3.05, 3.63) is 48.2 Å². The number of hydrogen-bond acceptors (Lipinski definition) is 5. The molecule has 0 radical (unpaired) electrons. The number of pyridine rings is 1. The van der Waals surface area contributed by atoms with Crippen molar-refractivity contribution < 1.29 is 27.1 Å². The second kappa shape index (κ2) is 6.87. The van der Waals surface area contributed by atoms with Gasteiger partial charge >= 0.3 is 5.97 Å². The van der Waals surface area contributed by atoms with Crippen molar-refractivity contribution in [3.8, 4) is 0 Å². The van der Waals surface area contributed by atoms with E-state index in [2.05, 4.69) is 9.71 Å². The lowest BCUT2D eigenvalue weighted by Crippen LogP contribution is -2.36. The number of carboxylic acid groups (broad SMARTS) is 1. The molecular formula is C16H15F2N3O4S. The molecule has 1 saturated heterocycles. The van der Waals surface area contributed by atoms with Crippen molar-refractivity contribution in [2.24, 2.45) is 0 Å². The maximum absolute atomic E-state index is 13.2. The highest BCUT2D eigenvalue weighted by atomic mass is 32.2. The standard InChI is InChI=1S/C16H15F2N3O4S/c17-10-6-11(18)8-12(7-10)20-26(24,25)13-3-4-15(19-9-13)21-5-1-2-14(21)16(22)23/h3-4,6-9,14,20H,1-2,5H2,(H,22,23). The predicted molar refractivity (Wildman–Crippen MR) is 89.4 cm³/mol. The zero-order valence-electron chi connectivity index (χ0n) is 13.4. The van der Waals surface area contributed by atoms with Crippen molar-refractivity contribution >= 4 is 27.5 Å². The van der Waals surface area contributed by atoms with Gasteiger partial charge in [-0.05, 0) is 37.1 Å². The normalized spacial score (nSPS) is 17.3. The molecule has 0 saturated carbocycles. The summed E-state index contributed by atoms with van der Waals surface area (Å²) in [7, 11) is -4.10. The summed E-state index contributed by atoms with van der Waals surface area (Å²) in [6.45, 7) is 0.511. The fourth-order valence-corrected chi connectivity index (χ4v) is 3.81. The molecule has 1 fully saturated rings. The first kappa shape index (κ1) is 18.1. The number of sulfonamides is 1. The van der Waals surface area contributed by atoms with Crippen LogP contribution in [0.25, 0.3) is 0 Å². The molecule has 0 bridgehead atoms. The quantitative estimate of drug-likeness (QED) is 0.821. The van der Waals surface area contributed by atoms with Gasteiger partial charge in [0, 0.05) is 18.8 Å². The van der Waals surface area contributed by atoms with Crippen LogP contribution in [-0.4, -0.2) is 37.1 Å². The van der Waals surface area contributed by atoms with Crippen LogP contribution in [0.5, 0.6) is 0 Å². The highest BCUT2D eigenvalue weighted by Gasteiger charge is 2.31. The first-order valence-electron chi connectivity index (χ1n) is 7.71. The fraction of sp³-hybridized carbons (Fsp3) is 0.250. The summed E-state index contributed by atoms with van der Waals surface area (Å²) in [4.78, 5) is 16.6. The monoisotopic (exact) mass is 383 g/mol. The lowest BCUT2D eigenvalue weighted by Gasteiger charge is -2.22. The Bertz CT molecular complexity index is 915. The van der Waals surface area contributed by atoms with E-state index in [1.165, 1.54) is 12.1 Å². The third-order valence-electron chi connectivity index (χ3n) is 3.98. The molecule has 0 amide bonds. The number of aliphatic carboxylic acids is 1. The highest BCUT2D eigenvalue weighted by Crippen LogP contribution is 2.25. The molecule has 2 aromatic rings. The molecule has 10 heteroatoms. The number of hydrogen-bond donors (Lipinski definition) is 2. The van der Waals surface area contributed by atoms with Gasteiger partial charge in [-0.3, -0.25) is 4.72 Å². The van der Waals surface area contributed by atoms with Crippen LogP contribution in [-0.2, 0) is 14.8 Å². The molecular weight excluding hydrogens is 368 g/mol. The summed E-state index contributed by atoms with van der Waals surface area (Å²) in [6, 6.07) is 4.30. The molecule has 1 atom stereocenters. The van der Waals surface area contributed by atoms with Crippen LogP contribution in [0.3, 0.4) is 0 Å². The average molecular weight is 383 g/mol. The van der Waals surface area contributed by atoms with Gasteiger partial charge in [0.1, 0.15) is 28.4 Å². The van der Waals surface area contributed by atoms with Crippen LogP contribution in [0.2, 0.25) is 0 Å². The Morgan fingerprint density at radius 1 is 1.23 bits per heavy atom. The van der Waals surface area contributed by atoms with E-state index in [0.717, 1.165) is 18.3 Å². The number of carboxylic acids is 1. The zero-order chi connectivity index (χ0) is 18.9. The van der Waals surface area contributed by atoms with Gasteiger partial charge in [-0.2, -0.15) is 0 Å². The smallest absolute Gasteiger partial charge is 0.326 e. The molecule has 1 aromatic heterocycles. The summed E-state index contributed by atoms with van der Waals surface area (Å²) in [5.41, 5.74) is -0.253. The van der Waals surface area contributed by atoms with Gasteiger partial charge in [-0.25, -0.2) is 27.0 Å². The molecule has 3 rings (SSSR count). The molecule has 2 N–H and O–H groups in total. The van der Waals surface area contributed by atoms with Gasteiger partial charge in [0.2, 0.25) is 0 Å². The Hall–Kier alpha value is -2.75. The summed E-state index contributed by atoms with van der Waals surface area (Å²) >= 11 is 0. The van der Waals surface area contributed by atoms with Gasteiger partial charge < -0.3 is 10.0 Å². The number of halogens is 2. The van der Waals surface area contributed by atoms with E-state index in [9.17, 15) is 27.1 Å². The van der Waals surface area contributed by atoms with E-state index in [1.54, 1.807) is 4.90 Å². The fourth-order valence-electron chi connectivity index (χ4n) is 2.83. The van der Waals surface area contributed by atoms with Crippen molar-refractivity contribution in [2.45, 2.75) is 23.8 Å². The molecule has 1 unspecified atom stereocenters. The summed E-state index contributed by atoms with van der Waals surface area (Å²) < 4.78 is 53.1. The number of carbonyl (C=O) groups is 1. The van der Waals surface area contributed by atoms with E-state index in [1.807, 2.05) is 0 Å². The molecule has 2 heterocycles. The lowest BCUT2D eigenvalue weighted by atomic mass is 10.2. The minimum absolute atomic E-state index is 0.211. The van der Waals surface area contributed by atoms with E-state index >= 15 is 0 Å². The molecule has 26 heavy (non-hydrogen) atoms. The first-order valence-corrected chi connectivity index (χ1v) is 9.19. The Labute approximate surface area is 148 Å². The van der Waals surface area contributed by atoms with Crippen molar-refractivity contribution in [3.63, 3.8) is 0 Å². The Morgan fingerprint density at radius 2 is 1.92 bits per heavy atom. The van der Waals surface area contributed by atoms with Crippen LogP contribution >= 0.6 is 0 Å². The molecule has 1 aliphatic heterocycles. The zero-order valence-corrected chi connectivity index (χ0v) is 14.2. The SMILES string of the molecule is O=C(O)C1CCCN1c1ccc(S(=O)(=O)Nc2cc(F)cc(F)c2)cn1. The number of nitrogens with one attached hydrogen (secondary N) is 1. The van der Waals surface area contributed by atoms with Gasteiger partial charge in [-0.15, -0.1) is 0 Å². The largest absolute Gasteiger partial charge is 0.480 e. The molecule has 1 aliphatic rings. The van der Waals surface area contributed by atoms with E-state index in [0.29, 0.717) is 31.3 Å². The van der Waals surface area contributed by atoms with Crippen molar-refractivity contribution in [1.82, 2.24) is 4.98 Å². The second-order valence-electron chi connectivity index (χ2n) is 5.81. The summed E-state index contributed by atoms with van der Waals surface area (Å²) in [5, 5.41) is 9.20. The maximum Gasteiger partial charge on any atom is 0.326 e. The summed E-state index contributed by atoms with van der Waals surface area (Å²) in [6.07, 6.45) is 2.26. The lowest BCUT2D eigenvalue weighted by molar-refractivity contribution is -0.138. The Balaban J connectivity index is 1.82. The van der Waals surface area contributed by atoms with Crippen molar-refractivity contribution in [1.29, 1.82) is 0 Å². The number of rotatable bonds is 5. The van der Waals surface area contributed by atoms with Crippen LogP contribution in [0.4, 0.5) is 20.3 Å². The number of anilines is 2. The molecule has 1 aromatic carbocycles. The molecule has 7 nitrogen and oxygen atoms in total. The van der Waals surface area contributed by atoms with Gasteiger partial charge in [0.25, 0.3) is 10.0 Å². The van der Waals surface area contributed by atoms with Crippen LogP contribution < -0.4 is 9.62 Å². The van der Waals surface area contributed by atoms with Gasteiger partial charge in [-0.1, -0.05) is 0 Å². The topological polar surface area (TPSA) is 99.6 Å². The molecule has 0 spiro atoms. The number of benzene rings is 1. The highest BCUT2D eigenvalue weighted by molar-refractivity contribution is 7.92. The van der Waals surface area contributed by atoms with Crippen molar-refractivity contribution in [2.75, 3.05) is 16.2 Å². The Kier molecular flexibility index (Phi) is 4.77. The number of nitrogens with zero attached hydrogens (tertiary/aromatic N) is 2. The third-order valence-corrected chi connectivity index (χ3v) is 5.34. The van der Waals surface area contributed by atoms with Crippen LogP contribution in [0.1, 0.15) is 12.8 Å². The first-order chi connectivity index (χ1) is 12.3. The molecule has 0 aliphatic carbocycles. The minimum Gasteiger partial charge on any atom is -0.480 e. The predicted octanol–water partition coefficient (Wildman–Crippen LogP) is 2.21. The third kappa shape index (κ3) is 3.74. The Morgan fingerprint density at radius 3 is 2.50 bits per heavy atom. The maximum atomic E-state index is 13.2. The van der Waals surface area contributed by atoms with Gasteiger partial charge in [0.15, 0.2) is 0 Å². The number of aromatic nitrogens is 1. The van der Waals surface area contributed by atoms with E-state index in [4.69, 9.17) is 0 Å². The second-order valence-corrected chi connectivity index (χ2v) is 7.49. The summed E-state index contributed by atoms with van der Waals surface area (Å²) in [5.74, 6) is -2.43. The average Bonchev–Trinajstić information content (AvgIpc) is 3.03. The molecule has 138 valence electrons. The van der Waals surface area contributed by atoms with Crippen LogP contribution in [0.15, 0.2) is 41.4 Å². The van der Waals surface area contributed by atoms with Gasteiger partial charge in [0.05, 0.1) is 5.69 Å².